The Bertz CT molecular complexity index is 408. The minimum absolute atomic E-state index is 0.498. The molecule has 1 aromatic rings. The first-order valence-corrected chi connectivity index (χ1v) is 8.67. The quantitative estimate of drug-likeness (QED) is 0.787. The van der Waals surface area contributed by atoms with Crippen LogP contribution in [0.5, 0.6) is 5.75 Å². The summed E-state index contributed by atoms with van der Waals surface area (Å²) in [6, 6.07) is 8.62. The lowest BCUT2D eigenvalue weighted by atomic mass is 9.86. The molecule has 0 heterocycles. The Morgan fingerprint density at radius 1 is 1.24 bits per heavy atom. The van der Waals surface area contributed by atoms with Crippen LogP contribution in [0.1, 0.15) is 63.9 Å². The van der Waals surface area contributed by atoms with Crippen molar-refractivity contribution in [3.63, 3.8) is 0 Å². The summed E-state index contributed by atoms with van der Waals surface area (Å²) in [4.78, 5) is 0. The van der Waals surface area contributed by atoms with Crippen LogP contribution in [0.4, 0.5) is 0 Å². The van der Waals surface area contributed by atoms with Crippen molar-refractivity contribution in [3.05, 3.63) is 29.8 Å². The predicted octanol–water partition coefficient (Wildman–Crippen LogP) is 4.73. The Morgan fingerprint density at radius 3 is 2.67 bits per heavy atom. The lowest BCUT2D eigenvalue weighted by Gasteiger charge is -2.23. The zero-order valence-electron chi connectivity index (χ0n) is 13.7. The van der Waals surface area contributed by atoms with Crippen molar-refractivity contribution in [2.75, 3.05) is 13.2 Å². The predicted molar refractivity (Wildman–Crippen MR) is 89.8 cm³/mol. The molecule has 0 radical (unpaired) electrons. The average Bonchev–Trinajstić information content (AvgIpc) is 2.55. The first-order chi connectivity index (χ1) is 10.2. The Morgan fingerprint density at radius 2 is 2.00 bits per heavy atom. The monoisotopic (exact) mass is 289 g/mol. The van der Waals surface area contributed by atoms with Crippen LogP contribution < -0.4 is 10.5 Å². The van der Waals surface area contributed by atoms with Gasteiger partial charge in [0.25, 0.3) is 0 Å². The number of benzene rings is 1. The van der Waals surface area contributed by atoms with E-state index in [9.17, 15) is 0 Å². The summed E-state index contributed by atoms with van der Waals surface area (Å²) in [6.07, 6.45) is 7.95. The van der Waals surface area contributed by atoms with Crippen molar-refractivity contribution >= 4 is 0 Å². The van der Waals surface area contributed by atoms with Gasteiger partial charge in [0, 0.05) is 0 Å². The lowest BCUT2D eigenvalue weighted by Crippen LogP contribution is -2.19. The van der Waals surface area contributed by atoms with Crippen LogP contribution in [-0.2, 0) is 0 Å². The second kappa shape index (κ2) is 8.43. The van der Waals surface area contributed by atoms with E-state index >= 15 is 0 Å². The van der Waals surface area contributed by atoms with Crippen molar-refractivity contribution in [2.24, 2.45) is 17.6 Å². The summed E-state index contributed by atoms with van der Waals surface area (Å²) in [6.45, 7) is 6.13. The molecular weight excluding hydrogens is 258 g/mol. The van der Waals surface area contributed by atoms with Gasteiger partial charge >= 0.3 is 0 Å². The highest BCUT2D eigenvalue weighted by atomic mass is 16.5. The van der Waals surface area contributed by atoms with Crippen LogP contribution in [-0.4, -0.2) is 13.2 Å². The summed E-state index contributed by atoms with van der Waals surface area (Å²) in [5.74, 6) is 2.83. The molecule has 1 fully saturated rings. The van der Waals surface area contributed by atoms with E-state index in [1.54, 1.807) is 0 Å². The molecule has 0 bridgehead atoms. The van der Waals surface area contributed by atoms with Crippen LogP contribution in [0, 0.1) is 11.8 Å². The third-order valence-electron chi connectivity index (χ3n) is 5.13. The Hall–Kier alpha value is -1.02. The topological polar surface area (TPSA) is 35.2 Å². The molecule has 2 heteroatoms. The molecule has 0 spiro atoms. The van der Waals surface area contributed by atoms with E-state index in [0.717, 1.165) is 31.2 Å². The largest absolute Gasteiger partial charge is 0.493 e. The van der Waals surface area contributed by atoms with Crippen LogP contribution >= 0.6 is 0 Å². The Kier molecular flexibility index (Phi) is 6.56. The molecule has 1 aromatic carbocycles. The van der Waals surface area contributed by atoms with E-state index in [1.165, 1.54) is 37.7 Å². The summed E-state index contributed by atoms with van der Waals surface area (Å²) in [7, 11) is 0. The van der Waals surface area contributed by atoms with E-state index in [0.29, 0.717) is 11.8 Å². The highest BCUT2D eigenvalue weighted by molar-refractivity contribution is 5.31. The molecule has 0 aromatic heterocycles. The van der Waals surface area contributed by atoms with Gasteiger partial charge < -0.3 is 10.5 Å². The van der Waals surface area contributed by atoms with Crippen molar-refractivity contribution in [3.8, 4) is 5.75 Å². The minimum Gasteiger partial charge on any atom is -0.493 e. The molecule has 118 valence electrons. The molecule has 0 aliphatic heterocycles. The SMILES string of the molecule is CC[C@H](CN)[C@@H](C)c1cccc(OCC2CCCCC2)c1. The second-order valence-electron chi connectivity index (χ2n) is 6.58. The molecule has 1 aliphatic carbocycles. The Labute approximate surface area is 130 Å². The molecule has 0 saturated heterocycles. The van der Waals surface area contributed by atoms with Crippen molar-refractivity contribution in [2.45, 2.75) is 58.3 Å². The van der Waals surface area contributed by atoms with Gasteiger partial charge in [0.1, 0.15) is 5.75 Å². The van der Waals surface area contributed by atoms with Gasteiger partial charge in [0.2, 0.25) is 0 Å². The standard InChI is InChI=1S/C19H31NO/c1-3-17(13-20)15(2)18-10-7-11-19(12-18)21-14-16-8-5-4-6-9-16/h7,10-12,15-17H,3-6,8-9,13-14,20H2,1-2H3/t15-,17-/m1/s1. The summed E-state index contributed by atoms with van der Waals surface area (Å²) in [5, 5.41) is 0. The van der Waals surface area contributed by atoms with Crippen molar-refractivity contribution in [1.29, 1.82) is 0 Å². The zero-order chi connectivity index (χ0) is 15.1. The van der Waals surface area contributed by atoms with Crippen LogP contribution in [0.2, 0.25) is 0 Å². The van der Waals surface area contributed by atoms with E-state index in [4.69, 9.17) is 10.5 Å². The normalized spacial score (nSPS) is 19.2. The molecular formula is C19H31NO. The van der Waals surface area contributed by atoms with E-state index in [1.807, 2.05) is 0 Å². The van der Waals surface area contributed by atoms with Crippen LogP contribution in [0.25, 0.3) is 0 Å². The molecule has 2 rings (SSSR count). The molecule has 1 aliphatic rings. The van der Waals surface area contributed by atoms with Gasteiger partial charge in [0.05, 0.1) is 6.61 Å². The molecule has 2 nitrogen and oxygen atoms in total. The van der Waals surface area contributed by atoms with Gasteiger partial charge in [-0.15, -0.1) is 0 Å². The number of hydrogen-bond donors (Lipinski definition) is 1. The van der Waals surface area contributed by atoms with Gasteiger partial charge in [-0.2, -0.15) is 0 Å². The number of rotatable bonds is 7. The van der Waals surface area contributed by atoms with Crippen molar-refractivity contribution in [1.82, 2.24) is 0 Å². The van der Waals surface area contributed by atoms with Gasteiger partial charge in [0.15, 0.2) is 0 Å². The fourth-order valence-corrected chi connectivity index (χ4v) is 3.45. The molecule has 2 atom stereocenters. The fraction of sp³-hybridized carbons (Fsp3) is 0.684. The highest BCUT2D eigenvalue weighted by Crippen LogP contribution is 2.29. The molecule has 0 amide bonds. The minimum atomic E-state index is 0.498. The third-order valence-corrected chi connectivity index (χ3v) is 5.13. The summed E-state index contributed by atoms with van der Waals surface area (Å²) in [5.41, 5.74) is 7.24. The smallest absolute Gasteiger partial charge is 0.119 e. The van der Waals surface area contributed by atoms with E-state index < -0.39 is 0 Å². The molecule has 1 saturated carbocycles. The molecule has 2 N–H and O–H groups in total. The molecule has 21 heavy (non-hydrogen) atoms. The van der Waals surface area contributed by atoms with E-state index in [2.05, 4.69) is 38.1 Å². The third kappa shape index (κ3) is 4.74. The van der Waals surface area contributed by atoms with Gasteiger partial charge in [-0.05, 0) is 54.8 Å². The number of hydrogen-bond acceptors (Lipinski definition) is 2. The maximum atomic E-state index is 6.05. The first-order valence-electron chi connectivity index (χ1n) is 8.67. The summed E-state index contributed by atoms with van der Waals surface area (Å²) >= 11 is 0. The molecule has 0 unspecified atom stereocenters. The van der Waals surface area contributed by atoms with E-state index in [-0.39, 0.29) is 0 Å². The van der Waals surface area contributed by atoms with Crippen LogP contribution in [0.15, 0.2) is 24.3 Å². The van der Waals surface area contributed by atoms with Gasteiger partial charge in [-0.1, -0.05) is 51.7 Å². The van der Waals surface area contributed by atoms with Crippen LogP contribution in [0.3, 0.4) is 0 Å². The maximum Gasteiger partial charge on any atom is 0.119 e. The number of nitrogens with two attached hydrogens (primary N) is 1. The van der Waals surface area contributed by atoms with Gasteiger partial charge in [-0.25, -0.2) is 0 Å². The lowest BCUT2D eigenvalue weighted by molar-refractivity contribution is 0.208. The maximum absolute atomic E-state index is 6.05. The highest BCUT2D eigenvalue weighted by Gasteiger charge is 2.17. The van der Waals surface area contributed by atoms with Crippen molar-refractivity contribution < 1.29 is 4.74 Å². The van der Waals surface area contributed by atoms with Gasteiger partial charge in [-0.3, -0.25) is 0 Å². The first kappa shape index (κ1) is 16.4. The zero-order valence-corrected chi connectivity index (χ0v) is 13.7. The Balaban J connectivity index is 1.93. The fourth-order valence-electron chi connectivity index (χ4n) is 3.45. The second-order valence-corrected chi connectivity index (χ2v) is 6.58. The number of ether oxygens (including phenoxy) is 1. The summed E-state index contributed by atoms with van der Waals surface area (Å²) < 4.78 is 6.05. The average molecular weight is 289 g/mol.